The molecule has 2 aliphatic rings. The molecular formula is C28H30ClNO4. The summed E-state index contributed by atoms with van der Waals surface area (Å²) in [7, 11) is 0. The Morgan fingerprint density at radius 2 is 1.59 bits per heavy atom. The highest BCUT2D eigenvalue weighted by molar-refractivity contribution is 6.03. The van der Waals surface area contributed by atoms with Crippen LogP contribution in [0.1, 0.15) is 36.0 Å². The molecule has 0 amide bonds. The molecule has 2 aliphatic heterocycles. The Labute approximate surface area is 206 Å². The first-order chi connectivity index (χ1) is 16.2. The summed E-state index contributed by atoms with van der Waals surface area (Å²) in [5.41, 5.74) is 4.48. The smallest absolute Gasteiger partial charge is 0.135 e. The number of ether oxygens (including phenoxy) is 2. The summed E-state index contributed by atoms with van der Waals surface area (Å²) in [6.45, 7) is 4.31. The van der Waals surface area contributed by atoms with E-state index in [2.05, 4.69) is 4.90 Å². The Bertz CT molecular complexity index is 1140. The van der Waals surface area contributed by atoms with Crippen LogP contribution >= 0.6 is 12.4 Å². The zero-order valence-electron chi connectivity index (χ0n) is 19.1. The van der Waals surface area contributed by atoms with Gasteiger partial charge in [-0.05, 0) is 49.2 Å². The fraction of sp³-hybridized carbons (Fsp3) is 0.286. The minimum absolute atomic E-state index is 0. The van der Waals surface area contributed by atoms with Crippen molar-refractivity contribution in [2.24, 2.45) is 0 Å². The Morgan fingerprint density at radius 1 is 0.853 bits per heavy atom. The van der Waals surface area contributed by atoms with Gasteiger partial charge in [0.2, 0.25) is 0 Å². The molecule has 3 aromatic rings. The van der Waals surface area contributed by atoms with Crippen molar-refractivity contribution in [3.63, 3.8) is 0 Å². The lowest BCUT2D eigenvalue weighted by Crippen LogP contribution is -2.33. The predicted molar refractivity (Wildman–Crippen MR) is 137 cm³/mol. The van der Waals surface area contributed by atoms with Crippen molar-refractivity contribution in [2.45, 2.75) is 19.3 Å². The van der Waals surface area contributed by atoms with E-state index in [1.807, 2.05) is 54.6 Å². The van der Waals surface area contributed by atoms with Gasteiger partial charge in [0, 0.05) is 29.8 Å². The molecule has 0 unspecified atom stereocenters. The number of halogens is 1. The molecule has 0 radical (unpaired) electrons. The Kier molecular flexibility index (Phi) is 7.66. The summed E-state index contributed by atoms with van der Waals surface area (Å²) < 4.78 is 11.9. The van der Waals surface area contributed by atoms with Crippen LogP contribution in [0.2, 0.25) is 0 Å². The van der Waals surface area contributed by atoms with Gasteiger partial charge in [0.15, 0.2) is 0 Å². The van der Waals surface area contributed by atoms with Crippen molar-refractivity contribution in [2.75, 3.05) is 32.8 Å². The molecular weight excluding hydrogens is 450 g/mol. The molecule has 0 bridgehead atoms. The van der Waals surface area contributed by atoms with E-state index in [-0.39, 0.29) is 23.9 Å². The zero-order chi connectivity index (χ0) is 22.6. The van der Waals surface area contributed by atoms with Gasteiger partial charge in [-0.3, -0.25) is 4.90 Å². The third-order valence-electron chi connectivity index (χ3n) is 6.38. The molecule has 178 valence electrons. The molecule has 1 fully saturated rings. The molecule has 0 saturated carbocycles. The largest absolute Gasteiger partial charge is 0.508 e. The van der Waals surface area contributed by atoms with Crippen LogP contribution in [0.5, 0.6) is 23.0 Å². The number of rotatable bonds is 6. The molecule has 0 aliphatic carbocycles. The van der Waals surface area contributed by atoms with E-state index in [0.717, 1.165) is 34.6 Å². The van der Waals surface area contributed by atoms with Crippen molar-refractivity contribution in [1.82, 2.24) is 4.90 Å². The van der Waals surface area contributed by atoms with Gasteiger partial charge >= 0.3 is 0 Å². The van der Waals surface area contributed by atoms with E-state index >= 15 is 0 Å². The average Bonchev–Trinajstić information content (AvgIpc) is 2.85. The maximum absolute atomic E-state index is 10.7. The molecule has 0 spiro atoms. The van der Waals surface area contributed by atoms with Gasteiger partial charge in [-0.2, -0.15) is 0 Å². The Morgan fingerprint density at radius 3 is 2.32 bits per heavy atom. The minimum Gasteiger partial charge on any atom is -0.508 e. The van der Waals surface area contributed by atoms with Crippen molar-refractivity contribution < 1.29 is 19.7 Å². The van der Waals surface area contributed by atoms with Gasteiger partial charge in [0.05, 0.1) is 5.56 Å². The van der Waals surface area contributed by atoms with Crippen LogP contribution in [0.4, 0.5) is 0 Å². The molecule has 2 N–H and O–H groups in total. The normalized spacial score (nSPS) is 15.8. The van der Waals surface area contributed by atoms with Crippen LogP contribution in [-0.2, 0) is 0 Å². The lowest BCUT2D eigenvalue weighted by Gasteiger charge is -2.26. The molecule has 2 heterocycles. The number of fused-ring (bicyclic) bond motifs is 1. The minimum atomic E-state index is -0.0220. The Hall–Kier alpha value is -3.15. The quantitative estimate of drug-likeness (QED) is 0.472. The predicted octanol–water partition coefficient (Wildman–Crippen LogP) is 5.74. The molecule has 0 atom stereocenters. The second-order valence-corrected chi connectivity index (χ2v) is 8.62. The molecule has 34 heavy (non-hydrogen) atoms. The average molecular weight is 480 g/mol. The molecule has 3 aromatic carbocycles. The van der Waals surface area contributed by atoms with Crippen LogP contribution in [0.25, 0.3) is 11.1 Å². The maximum Gasteiger partial charge on any atom is 0.135 e. The first-order valence-electron chi connectivity index (χ1n) is 11.6. The van der Waals surface area contributed by atoms with E-state index in [9.17, 15) is 10.2 Å². The van der Waals surface area contributed by atoms with Gasteiger partial charge in [0.1, 0.15) is 36.2 Å². The van der Waals surface area contributed by atoms with Crippen LogP contribution < -0.4 is 9.47 Å². The fourth-order valence-electron chi connectivity index (χ4n) is 4.70. The topological polar surface area (TPSA) is 62.2 Å². The standard InChI is InChI=1S/C28H29NO4.ClH/c30-22-17-25(31)28-26(18-22)33-19-24(20-7-3-1-4-8-20)27(28)21-9-11-23(12-10-21)32-16-15-29-13-5-2-6-14-29;/h1,3-4,7-12,17-18,30-31H,2,5-6,13-16,19H2;1H. The number of phenolic OH excluding ortho intramolecular Hbond substituents is 2. The fourth-order valence-corrected chi connectivity index (χ4v) is 4.70. The third-order valence-corrected chi connectivity index (χ3v) is 6.38. The summed E-state index contributed by atoms with van der Waals surface area (Å²) in [5, 5.41) is 20.7. The zero-order valence-corrected chi connectivity index (χ0v) is 19.9. The first kappa shape index (κ1) is 24.0. The monoisotopic (exact) mass is 479 g/mol. The van der Waals surface area contributed by atoms with Gasteiger partial charge in [-0.25, -0.2) is 0 Å². The number of hydrogen-bond acceptors (Lipinski definition) is 5. The van der Waals surface area contributed by atoms with Crippen LogP contribution in [0.3, 0.4) is 0 Å². The van der Waals surface area contributed by atoms with Gasteiger partial charge < -0.3 is 19.7 Å². The SMILES string of the molecule is Cl.Oc1cc(O)c2c(c1)OCC(c1ccccc1)=C2c1ccc(OCCN2CCCCC2)cc1. The molecule has 5 rings (SSSR count). The number of likely N-dealkylation sites (tertiary alicyclic amines) is 1. The number of piperidine rings is 1. The maximum atomic E-state index is 10.7. The second kappa shape index (κ2) is 10.9. The summed E-state index contributed by atoms with van der Waals surface area (Å²) >= 11 is 0. The number of nitrogens with zero attached hydrogens (tertiary/aromatic N) is 1. The number of aromatic hydroxyl groups is 2. The van der Waals surface area contributed by atoms with E-state index in [1.165, 1.54) is 38.4 Å². The summed E-state index contributed by atoms with van der Waals surface area (Å²) in [6.07, 6.45) is 3.90. The van der Waals surface area contributed by atoms with Crippen LogP contribution in [-0.4, -0.2) is 48.0 Å². The summed E-state index contributed by atoms with van der Waals surface area (Å²) in [5.74, 6) is 1.28. The number of phenols is 2. The second-order valence-electron chi connectivity index (χ2n) is 8.62. The number of hydrogen-bond donors (Lipinski definition) is 2. The highest BCUT2D eigenvalue weighted by atomic mass is 35.5. The third kappa shape index (κ3) is 5.16. The van der Waals surface area contributed by atoms with E-state index in [1.54, 1.807) is 6.07 Å². The van der Waals surface area contributed by atoms with Gasteiger partial charge in [-0.1, -0.05) is 48.9 Å². The number of benzene rings is 3. The highest BCUT2D eigenvalue weighted by Gasteiger charge is 2.26. The molecule has 5 nitrogen and oxygen atoms in total. The van der Waals surface area contributed by atoms with Crippen LogP contribution in [0, 0.1) is 0 Å². The van der Waals surface area contributed by atoms with Crippen molar-refractivity contribution in [1.29, 1.82) is 0 Å². The molecule has 0 aromatic heterocycles. The highest BCUT2D eigenvalue weighted by Crippen LogP contribution is 2.47. The lowest BCUT2D eigenvalue weighted by atomic mass is 9.87. The first-order valence-corrected chi connectivity index (χ1v) is 11.6. The lowest BCUT2D eigenvalue weighted by molar-refractivity contribution is 0.183. The van der Waals surface area contributed by atoms with Crippen LogP contribution in [0.15, 0.2) is 66.7 Å². The van der Waals surface area contributed by atoms with E-state index in [0.29, 0.717) is 24.5 Å². The Balaban J connectivity index is 0.00000274. The van der Waals surface area contributed by atoms with Gasteiger partial charge in [-0.15, -0.1) is 12.4 Å². The van der Waals surface area contributed by atoms with E-state index in [4.69, 9.17) is 9.47 Å². The van der Waals surface area contributed by atoms with Crippen molar-refractivity contribution in [3.8, 4) is 23.0 Å². The van der Waals surface area contributed by atoms with Crippen molar-refractivity contribution >= 4 is 23.6 Å². The summed E-state index contributed by atoms with van der Waals surface area (Å²) in [6, 6.07) is 21.0. The summed E-state index contributed by atoms with van der Waals surface area (Å²) in [4.78, 5) is 2.46. The molecule has 6 heteroatoms. The van der Waals surface area contributed by atoms with Crippen molar-refractivity contribution in [3.05, 3.63) is 83.4 Å². The van der Waals surface area contributed by atoms with E-state index < -0.39 is 0 Å². The molecule has 1 saturated heterocycles. The van der Waals surface area contributed by atoms with Gasteiger partial charge in [0.25, 0.3) is 0 Å².